The highest BCUT2D eigenvalue weighted by Gasteiger charge is 2.19. The summed E-state index contributed by atoms with van der Waals surface area (Å²) in [6.07, 6.45) is 3.45. The van der Waals surface area contributed by atoms with E-state index in [0.717, 1.165) is 5.56 Å². The van der Waals surface area contributed by atoms with Crippen molar-refractivity contribution < 1.29 is 14.3 Å². The summed E-state index contributed by atoms with van der Waals surface area (Å²) < 4.78 is 11.6. The molecule has 0 atom stereocenters. The van der Waals surface area contributed by atoms with E-state index in [0.29, 0.717) is 53.5 Å². The molecule has 4 rings (SSSR count). The van der Waals surface area contributed by atoms with Crippen LogP contribution in [0.4, 0.5) is 0 Å². The monoisotopic (exact) mass is 458 g/mol. The fourth-order valence-corrected chi connectivity index (χ4v) is 3.57. The second kappa shape index (κ2) is 10.6. The Balaban J connectivity index is 1.54. The van der Waals surface area contributed by atoms with Crippen LogP contribution < -0.4 is 15.0 Å². The van der Waals surface area contributed by atoms with Crippen LogP contribution in [0.25, 0.3) is 10.9 Å². The first kappa shape index (κ1) is 23.0. The van der Waals surface area contributed by atoms with Gasteiger partial charge in [-0.05, 0) is 50.2 Å². The van der Waals surface area contributed by atoms with Crippen molar-refractivity contribution in [3.05, 3.63) is 94.3 Å². The molecule has 1 amide bonds. The minimum absolute atomic E-state index is 0.179. The molecule has 8 nitrogen and oxygen atoms in total. The molecule has 1 N–H and O–H groups in total. The molecule has 2 aromatic heterocycles. The lowest BCUT2D eigenvalue weighted by Gasteiger charge is -2.21. The van der Waals surface area contributed by atoms with Crippen LogP contribution in [0.2, 0.25) is 0 Å². The molecule has 34 heavy (non-hydrogen) atoms. The molecule has 0 radical (unpaired) electrons. The van der Waals surface area contributed by atoms with Gasteiger partial charge in [0.25, 0.3) is 11.5 Å². The molecular weight excluding hydrogens is 432 g/mol. The first-order valence-electron chi connectivity index (χ1n) is 11.1. The lowest BCUT2D eigenvalue weighted by Crippen LogP contribution is -2.32. The first-order valence-corrected chi connectivity index (χ1v) is 11.1. The summed E-state index contributed by atoms with van der Waals surface area (Å²) in [6.45, 7) is 5.15. The summed E-state index contributed by atoms with van der Waals surface area (Å²) in [5.74, 6) is 1.27. The number of nitrogens with one attached hydrogen (secondary N) is 1. The number of hydrogen-bond acceptors (Lipinski definition) is 6. The van der Waals surface area contributed by atoms with E-state index in [1.165, 1.54) is 0 Å². The second-order valence-corrected chi connectivity index (χ2v) is 7.59. The van der Waals surface area contributed by atoms with Gasteiger partial charge in [-0.15, -0.1) is 0 Å². The van der Waals surface area contributed by atoms with Crippen molar-refractivity contribution in [2.75, 3.05) is 13.2 Å². The van der Waals surface area contributed by atoms with Crippen molar-refractivity contribution in [3.63, 3.8) is 0 Å². The van der Waals surface area contributed by atoms with Crippen LogP contribution >= 0.6 is 0 Å². The van der Waals surface area contributed by atoms with Gasteiger partial charge in [0.05, 0.1) is 24.1 Å². The van der Waals surface area contributed by atoms with Gasteiger partial charge in [-0.2, -0.15) is 0 Å². The van der Waals surface area contributed by atoms with E-state index in [-0.39, 0.29) is 18.0 Å². The van der Waals surface area contributed by atoms with Gasteiger partial charge in [0.15, 0.2) is 11.5 Å². The van der Waals surface area contributed by atoms with Gasteiger partial charge >= 0.3 is 0 Å². The van der Waals surface area contributed by atoms with Crippen molar-refractivity contribution in [3.8, 4) is 11.5 Å². The number of carbonyl (C=O) groups excluding carboxylic acids is 1. The molecule has 2 heterocycles. The summed E-state index contributed by atoms with van der Waals surface area (Å²) >= 11 is 0. The van der Waals surface area contributed by atoms with Crippen molar-refractivity contribution >= 4 is 16.8 Å². The zero-order valence-electron chi connectivity index (χ0n) is 19.2. The summed E-state index contributed by atoms with van der Waals surface area (Å²) in [5.41, 5.74) is 1.76. The van der Waals surface area contributed by atoms with Crippen molar-refractivity contribution in [1.82, 2.24) is 19.9 Å². The highest BCUT2D eigenvalue weighted by molar-refractivity contribution is 5.95. The lowest BCUT2D eigenvalue weighted by molar-refractivity contribution is 0.0748. The molecule has 0 saturated heterocycles. The third kappa shape index (κ3) is 5.23. The van der Waals surface area contributed by atoms with Crippen LogP contribution in [0.1, 0.15) is 35.6 Å². The summed E-state index contributed by atoms with van der Waals surface area (Å²) in [5, 5.41) is 0.517. The first-order chi connectivity index (χ1) is 16.6. The number of ether oxygens (including phenoxy) is 2. The van der Waals surface area contributed by atoms with Gasteiger partial charge < -0.3 is 19.4 Å². The minimum Gasteiger partial charge on any atom is -0.490 e. The second-order valence-electron chi connectivity index (χ2n) is 7.59. The van der Waals surface area contributed by atoms with E-state index in [2.05, 4.69) is 15.0 Å². The van der Waals surface area contributed by atoms with Crippen LogP contribution in [-0.4, -0.2) is 38.9 Å². The van der Waals surface area contributed by atoms with E-state index >= 15 is 0 Å². The molecule has 2 aromatic carbocycles. The van der Waals surface area contributed by atoms with Crippen LogP contribution in [-0.2, 0) is 13.2 Å². The highest BCUT2D eigenvalue weighted by Crippen LogP contribution is 2.30. The number of carbonyl (C=O) groups is 1. The van der Waals surface area contributed by atoms with E-state index < -0.39 is 0 Å². The Kier molecular flexibility index (Phi) is 7.17. The number of H-pyrrole nitrogens is 1. The maximum Gasteiger partial charge on any atom is 0.258 e. The zero-order chi connectivity index (χ0) is 23.9. The summed E-state index contributed by atoms with van der Waals surface area (Å²) in [6, 6.07) is 16.0. The largest absolute Gasteiger partial charge is 0.490 e. The maximum atomic E-state index is 13.3. The van der Waals surface area contributed by atoms with E-state index in [1.807, 2.05) is 32.0 Å². The Labute approximate surface area is 197 Å². The van der Waals surface area contributed by atoms with Crippen LogP contribution in [0.3, 0.4) is 0 Å². The molecule has 0 aliphatic carbocycles. The average molecular weight is 459 g/mol. The Hall–Kier alpha value is -4.20. The summed E-state index contributed by atoms with van der Waals surface area (Å²) in [7, 11) is 0. The molecule has 4 aromatic rings. The van der Waals surface area contributed by atoms with Crippen molar-refractivity contribution in [1.29, 1.82) is 0 Å². The van der Waals surface area contributed by atoms with Crippen molar-refractivity contribution in [2.24, 2.45) is 0 Å². The third-order valence-corrected chi connectivity index (χ3v) is 5.28. The van der Waals surface area contributed by atoms with E-state index in [1.54, 1.807) is 53.7 Å². The Morgan fingerprint density at radius 3 is 2.65 bits per heavy atom. The standard InChI is InChI=1S/C26H26N4O4/c1-3-30(16-24-28-21-10-6-5-9-20(21)25(31)29-24)26(32)19-11-12-22(23(14-19)33-4-2)34-17-18-8-7-13-27-15-18/h5-15H,3-4,16-17H2,1-2H3,(H,28,29,31). The third-order valence-electron chi connectivity index (χ3n) is 5.28. The minimum atomic E-state index is -0.224. The Morgan fingerprint density at radius 2 is 1.88 bits per heavy atom. The number of para-hydroxylation sites is 1. The summed E-state index contributed by atoms with van der Waals surface area (Å²) in [4.78, 5) is 38.7. The number of rotatable bonds is 9. The average Bonchev–Trinajstić information content (AvgIpc) is 2.87. The number of fused-ring (bicyclic) bond motifs is 1. The van der Waals surface area contributed by atoms with E-state index in [4.69, 9.17) is 9.47 Å². The molecule has 0 fully saturated rings. The molecule has 0 spiro atoms. The van der Waals surface area contributed by atoms with E-state index in [9.17, 15) is 9.59 Å². The topological polar surface area (TPSA) is 97.4 Å². The van der Waals surface area contributed by atoms with Gasteiger partial charge in [0.1, 0.15) is 12.4 Å². The number of benzene rings is 2. The van der Waals surface area contributed by atoms with Crippen LogP contribution in [0.15, 0.2) is 71.8 Å². The lowest BCUT2D eigenvalue weighted by atomic mass is 10.1. The van der Waals surface area contributed by atoms with Crippen molar-refractivity contribution in [2.45, 2.75) is 27.0 Å². The number of aromatic nitrogens is 3. The van der Waals surface area contributed by atoms with Gasteiger partial charge in [-0.1, -0.05) is 18.2 Å². The molecule has 0 unspecified atom stereocenters. The quantitative estimate of drug-likeness (QED) is 0.408. The normalized spacial score (nSPS) is 10.8. The van der Waals surface area contributed by atoms with Gasteiger partial charge in [0.2, 0.25) is 0 Å². The maximum absolute atomic E-state index is 13.3. The number of nitrogens with zero attached hydrogens (tertiary/aromatic N) is 3. The molecular formula is C26H26N4O4. The zero-order valence-corrected chi connectivity index (χ0v) is 19.2. The smallest absolute Gasteiger partial charge is 0.258 e. The SMILES string of the molecule is CCOc1cc(C(=O)N(CC)Cc2nc3ccccc3c(=O)[nH]2)ccc1OCc1cccnc1. The van der Waals surface area contributed by atoms with Gasteiger partial charge in [-0.25, -0.2) is 4.98 Å². The molecule has 174 valence electrons. The van der Waals surface area contributed by atoms with Gasteiger partial charge in [-0.3, -0.25) is 14.6 Å². The molecule has 0 aliphatic rings. The Morgan fingerprint density at radius 1 is 1.03 bits per heavy atom. The van der Waals surface area contributed by atoms with Gasteiger partial charge in [0, 0.05) is 30.1 Å². The molecule has 0 saturated carbocycles. The number of pyridine rings is 1. The number of hydrogen-bond donors (Lipinski definition) is 1. The molecule has 8 heteroatoms. The van der Waals surface area contributed by atoms with Crippen LogP contribution in [0, 0.1) is 0 Å². The predicted octanol–water partition coefficient (Wildman–Crippen LogP) is 3.96. The highest BCUT2D eigenvalue weighted by atomic mass is 16.5. The fraction of sp³-hybridized carbons (Fsp3) is 0.231. The Bertz CT molecular complexity index is 1340. The number of aromatic amines is 1. The molecule has 0 bridgehead atoms. The predicted molar refractivity (Wildman–Crippen MR) is 129 cm³/mol. The molecule has 0 aliphatic heterocycles. The number of amides is 1. The van der Waals surface area contributed by atoms with Crippen LogP contribution in [0.5, 0.6) is 11.5 Å². The fourth-order valence-electron chi connectivity index (χ4n) is 3.57.